The number of hydrogen-bond acceptors (Lipinski definition) is 7. The molecule has 0 aromatic heterocycles. The monoisotopic (exact) mass is 331 g/mol. The molecule has 3 aliphatic heterocycles. The van der Waals surface area contributed by atoms with Gasteiger partial charge in [0.2, 0.25) is 6.23 Å². The topological polar surface area (TPSA) is 94.8 Å². The lowest BCUT2D eigenvalue weighted by molar-refractivity contribution is -0.148. The van der Waals surface area contributed by atoms with Crippen LogP contribution in [-0.2, 0) is 9.47 Å². The molecule has 3 atom stereocenters. The predicted octanol–water partition coefficient (Wildman–Crippen LogP) is -0.149. The minimum Gasteiger partial charge on any atom is -0.447 e. The van der Waals surface area contributed by atoms with Crippen molar-refractivity contribution < 1.29 is 33.3 Å². The molecule has 0 spiro atoms. The van der Waals surface area contributed by atoms with E-state index in [1.54, 1.807) is 0 Å². The minimum atomic E-state index is -3.62. The van der Waals surface area contributed by atoms with E-state index in [-0.39, 0.29) is 18.3 Å². The van der Waals surface area contributed by atoms with Crippen LogP contribution in [0.1, 0.15) is 0 Å². The molecule has 126 valence electrons. The Balaban J connectivity index is 1.79. The number of hydrogen-bond donors (Lipinski definition) is 2. The molecular formula is C13H15F2N3O5. The van der Waals surface area contributed by atoms with Crippen LogP contribution in [-0.4, -0.2) is 76.1 Å². The molecule has 0 aliphatic carbocycles. The van der Waals surface area contributed by atoms with Crippen LogP contribution >= 0.6 is 0 Å². The number of alkyl halides is 2. The molecule has 3 rings (SSSR count). The van der Waals surface area contributed by atoms with Gasteiger partial charge in [0, 0.05) is 6.20 Å². The van der Waals surface area contributed by atoms with Gasteiger partial charge < -0.3 is 24.6 Å². The van der Waals surface area contributed by atoms with E-state index in [0.29, 0.717) is 6.54 Å². The van der Waals surface area contributed by atoms with Crippen molar-refractivity contribution in [3.05, 3.63) is 24.7 Å². The fourth-order valence-corrected chi connectivity index (χ4v) is 2.54. The van der Waals surface area contributed by atoms with E-state index in [4.69, 9.17) is 14.6 Å². The Morgan fingerprint density at radius 2 is 2.26 bits per heavy atom. The van der Waals surface area contributed by atoms with Crippen molar-refractivity contribution in [1.29, 1.82) is 0 Å². The number of aliphatic imine (C=N–C) groups is 1. The lowest BCUT2D eigenvalue weighted by Crippen LogP contribution is -2.47. The molecule has 2 N–H and O–H groups in total. The number of ether oxygens (including phenoxy) is 2. The number of amidine groups is 1. The zero-order chi connectivity index (χ0) is 16.8. The van der Waals surface area contributed by atoms with Crippen molar-refractivity contribution in [3.63, 3.8) is 0 Å². The van der Waals surface area contributed by atoms with E-state index < -0.39 is 37.1 Å². The summed E-state index contributed by atoms with van der Waals surface area (Å²) in [6, 6.07) is 0. The summed E-state index contributed by atoms with van der Waals surface area (Å²) in [4.78, 5) is 17.7. The average Bonchev–Trinajstić information content (AvgIpc) is 3.02. The summed E-state index contributed by atoms with van der Waals surface area (Å²) in [6.07, 6.45) is -3.39. The summed E-state index contributed by atoms with van der Waals surface area (Å²) < 4.78 is 38.0. The lowest BCUT2D eigenvalue weighted by atomic mass is 10.1. The Morgan fingerprint density at radius 1 is 1.52 bits per heavy atom. The Hall–Kier alpha value is -2.04. The van der Waals surface area contributed by atoms with Crippen LogP contribution in [0.5, 0.6) is 0 Å². The highest BCUT2D eigenvalue weighted by Crippen LogP contribution is 2.39. The number of halogens is 2. The SMILES string of the molecule is C=C1N=C(N2CCOC2=O)C=CN1[C@@H]1O[C@H](CO)C(O)C1(F)F. The van der Waals surface area contributed by atoms with Gasteiger partial charge in [-0.25, -0.2) is 9.79 Å². The molecule has 8 nitrogen and oxygen atoms in total. The predicted molar refractivity (Wildman–Crippen MR) is 72.3 cm³/mol. The highest BCUT2D eigenvalue weighted by molar-refractivity contribution is 6.03. The summed E-state index contributed by atoms with van der Waals surface area (Å²) in [6.45, 7) is 3.36. The van der Waals surface area contributed by atoms with Crippen molar-refractivity contribution in [2.75, 3.05) is 19.8 Å². The number of nitrogens with zero attached hydrogens (tertiary/aromatic N) is 3. The van der Waals surface area contributed by atoms with Gasteiger partial charge in [0.05, 0.1) is 13.2 Å². The Morgan fingerprint density at radius 3 is 2.78 bits per heavy atom. The molecule has 1 unspecified atom stereocenters. The number of cyclic esters (lactones) is 1. The van der Waals surface area contributed by atoms with Crippen LogP contribution in [0.3, 0.4) is 0 Å². The van der Waals surface area contributed by atoms with Crippen LogP contribution in [0.2, 0.25) is 0 Å². The Labute approximate surface area is 129 Å². The molecule has 2 saturated heterocycles. The highest BCUT2D eigenvalue weighted by Gasteiger charge is 2.60. The maximum Gasteiger partial charge on any atom is 0.415 e. The van der Waals surface area contributed by atoms with Gasteiger partial charge in [-0.2, -0.15) is 8.78 Å². The van der Waals surface area contributed by atoms with Crippen LogP contribution in [0.25, 0.3) is 0 Å². The van der Waals surface area contributed by atoms with Gasteiger partial charge in [-0.05, 0) is 6.08 Å². The Bertz CT molecular complexity index is 594. The third-order valence-corrected chi connectivity index (χ3v) is 3.78. The fourth-order valence-electron chi connectivity index (χ4n) is 2.54. The average molecular weight is 331 g/mol. The first-order valence-electron chi connectivity index (χ1n) is 6.87. The van der Waals surface area contributed by atoms with E-state index in [2.05, 4.69) is 11.6 Å². The second kappa shape index (κ2) is 5.55. The van der Waals surface area contributed by atoms with Gasteiger partial charge in [-0.1, -0.05) is 6.58 Å². The van der Waals surface area contributed by atoms with Gasteiger partial charge in [-0.3, -0.25) is 4.90 Å². The van der Waals surface area contributed by atoms with Crippen LogP contribution in [0, 0.1) is 0 Å². The molecule has 2 fully saturated rings. The van der Waals surface area contributed by atoms with Gasteiger partial charge in [0.25, 0.3) is 0 Å². The van der Waals surface area contributed by atoms with Crippen LogP contribution in [0.15, 0.2) is 29.7 Å². The van der Waals surface area contributed by atoms with Crippen molar-refractivity contribution >= 4 is 11.9 Å². The van der Waals surface area contributed by atoms with E-state index in [1.165, 1.54) is 17.2 Å². The highest BCUT2D eigenvalue weighted by atomic mass is 19.3. The minimum absolute atomic E-state index is 0.0855. The molecule has 0 radical (unpaired) electrons. The van der Waals surface area contributed by atoms with Gasteiger partial charge in [0.1, 0.15) is 24.4 Å². The zero-order valence-electron chi connectivity index (χ0n) is 11.9. The molecule has 0 bridgehead atoms. The molecular weight excluding hydrogens is 316 g/mol. The molecule has 0 saturated carbocycles. The summed E-state index contributed by atoms with van der Waals surface area (Å²) in [5, 5.41) is 18.5. The smallest absolute Gasteiger partial charge is 0.415 e. The van der Waals surface area contributed by atoms with Gasteiger partial charge >= 0.3 is 12.0 Å². The molecule has 0 aromatic carbocycles. The summed E-state index contributed by atoms with van der Waals surface area (Å²) in [5.74, 6) is -3.49. The first-order valence-corrected chi connectivity index (χ1v) is 6.87. The number of carbonyl (C=O) groups excluding carboxylic acids is 1. The maximum absolute atomic E-state index is 14.1. The van der Waals surface area contributed by atoms with E-state index in [9.17, 15) is 18.7 Å². The zero-order valence-corrected chi connectivity index (χ0v) is 11.9. The van der Waals surface area contributed by atoms with Crippen LogP contribution in [0.4, 0.5) is 13.6 Å². The maximum atomic E-state index is 14.1. The standard InChI is InChI=1S/C13H15F2N3O5/c1-7-16-9(18-4-5-22-12(18)21)2-3-17(7)11-13(14,15)10(20)8(6-19)23-11/h2-3,8,10-11,19-20H,1,4-6H2/t8-,10?,11-/m1/s1. The molecule has 0 aromatic rings. The fraction of sp³-hybridized carbons (Fsp3) is 0.538. The first kappa shape index (κ1) is 15.8. The second-order valence-electron chi connectivity index (χ2n) is 5.20. The summed E-state index contributed by atoms with van der Waals surface area (Å²) >= 11 is 0. The number of aliphatic hydroxyl groups is 2. The lowest BCUT2D eigenvalue weighted by Gasteiger charge is -2.32. The number of carbonyl (C=O) groups is 1. The number of aliphatic hydroxyl groups excluding tert-OH is 2. The molecule has 1 amide bonds. The van der Waals surface area contributed by atoms with E-state index >= 15 is 0 Å². The summed E-state index contributed by atoms with van der Waals surface area (Å²) in [5.41, 5.74) is 0. The molecule has 3 aliphatic rings. The molecule has 10 heteroatoms. The third kappa shape index (κ3) is 2.48. The molecule has 3 heterocycles. The first-order chi connectivity index (χ1) is 10.9. The quantitative estimate of drug-likeness (QED) is 0.731. The number of amides is 1. The van der Waals surface area contributed by atoms with E-state index in [1.807, 2.05) is 0 Å². The van der Waals surface area contributed by atoms with E-state index in [0.717, 1.165) is 4.90 Å². The third-order valence-electron chi connectivity index (χ3n) is 3.78. The summed E-state index contributed by atoms with van der Waals surface area (Å²) in [7, 11) is 0. The van der Waals surface area contributed by atoms with Gasteiger partial charge in [0.15, 0.2) is 6.10 Å². The van der Waals surface area contributed by atoms with Crippen molar-refractivity contribution in [2.45, 2.75) is 24.4 Å². The van der Waals surface area contributed by atoms with Gasteiger partial charge in [-0.15, -0.1) is 0 Å². The number of rotatable bonds is 2. The van der Waals surface area contributed by atoms with Crippen molar-refractivity contribution in [2.24, 2.45) is 4.99 Å². The molecule has 23 heavy (non-hydrogen) atoms. The Kier molecular flexibility index (Phi) is 3.82. The largest absolute Gasteiger partial charge is 0.447 e. The normalized spacial score (nSPS) is 33.2. The van der Waals surface area contributed by atoms with Crippen molar-refractivity contribution in [1.82, 2.24) is 9.80 Å². The van der Waals surface area contributed by atoms with Crippen molar-refractivity contribution in [3.8, 4) is 0 Å². The second-order valence-corrected chi connectivity index (χ2v) is 5.20. The van der Waals surface area contributed by atoms with Crippen LogP contribution < -0.4 is 0 Å².